The van der Waals surface area contributed by atoms with Crippen molar-refractivity contribution < 1.29 is 4.39 Å². The lowest BCUT2D eigenvalue weighted by atomic mass is 10.1. The molecule has 4 heterocycles. The Morgan fingerprint density at radius 2 is 2.04 bits per heavy atom. The molecule has 1 aliphatic heterocycles. The van der Waals surface area contributed by atoms with Crippen molar-refractivity contribution in [1.29, 1.82) is 0 Å². The van der Waals surface area contributed by atoms with Gasteiger partial charge in [0.05, 0.1) is 23.6 Å². The van der Waals surface area contributed by atoms with E-state index in [4.69, 9.17) is 5.10 Å². The highest BCUT2D eigenvalue weighted by Gasteiger charge is 2.21. The molecule has 3 aromatic rings. The normalized spacial score (nSPS) is 14.5. The lowest BCUT2D eigenvalue weighted by molar-refractivity contribution is 0.200. The third-order valence-corrected chi connectivity index (χ3v) is 4.56. The van der Waals surface area contributed by atoms with E-state index >= 15 is 0 Å². The molecule has 128 valence electrons. The topological polar surface area (TPSA) is 46.8 Å². The highest BCUT2D eigenvalue weighted by atomic mass is 19.1. The van der Waals surface area contributed by atoms with Crippen molar-refractivity contribution in [2.45, 2.75) is 33.5 Å². The van der Waals surface area contributed by atoms with E-state index in [9.17, 15) is 4.39 Å². The Bertz CT molecular complexity index is 918. The molecule has 5 nitrogen and oxygen atoms in total. The van der Waals surface area contributed by atoms with Crippen LogP contribution in [0.25, 0.3) is 11.4 Å². The fraction of sp³-hybridized carbons (Fsp3) is 0.316. The van der Waals surface area contributed by atoms with Crippen LogP contribution in [0.5, 0.6) is 0 Å². The molecular formula is C19H20FN5. The minimum Gasteiger partial charge on any atom is -0.290 e. The smallest absolute Gasteiger partial charge is 0.146 e. The van der Waals surface area contributed by atoms with Crippen molar-refractivity contribution in [3.8, 4) is 11.4 Å². The Kier molecular flexibility index (Phi) is 4.05. The Hall–Kier alpha value is -2.60. The minimum atomic E-state index is -0.233. The van der Waals surface area contributed by atoms with Crippen LogP contribution in [-0.4, -0.2) is 31.2 Å². The van der Waals surface area contributed by atoms with E-state index in [1.165, 1.54) is 0 Å². The van der Waals surface area contributed by atoms with Crippen LogP contribution >= 0.6 is 0 Å². The Labute approximate surface area is 146 Å². The Morgan fingerprint density at radius 3 is 2.84 bits per heavy atom. The van der Waals surface area contributed by atoms with Crippen LogP contribution in [0.2, 0.25) is 0 Å². The Morgan fingerprint density at radius 1 is 1.16 bits per heavy atom. The van der Waals surface area contributed by atoms with Gasteiger partial charge < -0.3 is 0 Å². The third-order valence-electron chi connectivity index (χ3n) is 4.56. The maximum Gasteiger partial charge on any atom is 0.146 e. The monoisotopic (exact) mass is 337 g/mol. The van der Waals surface area contributed by atoms with Gasteiger partial charge in [0.1, 0.15) is 11.5 Å². The predicted molar refractivity (Wildman–Crippen MR) is 93.2 cm³/mol. The summed E-state index contributed by atoms with van der Waals surface area (Å²) >= 11 is 0. The zero-order valence-corrected chi connectivity index (χ0v) is 14.4. The minimum absolute atomic E-state index is 0.233. The summed E-state index contributed by atoms with van der Waals surface area (Å²) in [5.74, 6) is -0.233. The van der Waals surface area contributed by atoms with Crippen LogP contribution in [0.1, 0.15) is 22.5 Å². The van der Waals surface area contributed by atoms with Crippen LogP contribution < -0.4 is 0 Å². The molecule has 0 spiro atoms. The van der Waals surface area contributed by atoms with Crippen molar-refractivity contribution in [3.05, 3.63) is 65.0 Å². The molecule has 3 aromatic heterocycles. The first kappa shape index (κ1) is 15.9. The molecule has 0 saturated heterocycles. The van der Waals surface area contributed by atoms with Gasteiger partial charge >= 0.3 is 0 Å². The molecule has 0 atom stereocenters. The number of aryl methyl sites for hydroxylation is 2. The third kappa shape index (κ3) is 3.17. The molecule has 0 aliphatic carbocycles. The molecule has 0 saturated carbocycles. The van der Waals surface area contributed by atoms with Gasteiger partial charge in [-0.15, -0.1) is 0 Å². The summed E-state index contributed by atoms with van der Waals surface area (Å²) in [5, 5.41) is 4.69. The molecule has 0 unspecified atom stereocenters. The zero-order valence-electron chi connectivity index (χ0n) is 14.4. The number of hydrogen-bond donors (Lipinski definition) is 0. The van der Waals surface area contributed by atoms with Gasteiger partial charge in [0.25, 0.3) is 0 Å². The number of aromatic nitrogens is 4. The standard InChI is InChI=1S/C19H20FN5/c1-13-8-16(20)18(22-10-13)12-24-6-7-25-15(11-24)9-17(23-25)19-14(2)4-3-5-21-19/h3-5,8-10H,6-7,11-12H2,1-2H3. The van der Waals surface area contributed by atoms with E-state index in [-0.39, 0.29) is 5.82 Å². The van der Waals surface area contributed by atoms with E-state index in [0.29, 0.717) is 12.2 Å². The molecule has 1 aliphatic rings. The second-order valence-corrected chi connectivity index (χ2v) is 6.56. The number of pyridine rings is 2. The molecule has 0 N–H and O–H groups in total. The second-order valence-electron chi connectivity index (χ2n) is 6.56. The Balaban J connectivity index is 1.54. The molecule has 0 amide bonds. The van der Waals surface area contributed by atoms with Crippen molar-refractivity contribution in [1.82, 2.24) is 24.6 Å². The van der Waals surface area contributed by atoms with Gasteiger partial charge in [0, 0.05) is 32.0 Å². The molecule has 6 heteroatoms. The highest BCUT2D eigenvalue weighted by Crippen LogP contribution is 2.23. The van der Waals surface area contributed by atoms with E-state index in [0.717, 1.165) is 47.8 Å². The van der Waals surface area contributed by atoms with Crippen molar-refractivity contribution in [3.63, 3.8) is 0 Å². The fourth-order valence-electron chi connectivity index (χ4n) is 3.22. The molecule has 4 rings (SSSR count). The van der Waals surface area contributed by atoms with Crippen molar-refractivity contribution in [2.24, 2.45) is 0 Å². The summed E-state index contributed by atoms with van der Waals surface area (Å²) < 4.78 is 16.1. The first-order chi connectivity index (χ1) is 12.1. The van der Waals surface area contributed by atoms with E-state index in [1.54, 1.807) is 18.5 Å². The summed E-state index contributed by atoms with van der Waals surface area (Å²) in [6, 6.07) is 7.59. The van der Waals surface area contributed by atoms with Crippen molar-refractivity contribution >= 4 is 0 Å². The van der Waals surface area contributed by atoms with Gasteiger partial charge in [-0.05, 0) is 43.2 Å². The van der Waals surface area contributed by atoms with Crippen LogP contribution in [0, 0.1) is 19.7 Å². The van der Waals surface area contributed by atoms with E-state index in [2.05, 4.69) is 20.9 Å². The second kappa shape index (κ2) is 6.37. The molecule has 0 fully saturated rings. The number of rotatable bonds is 3. The summed E-state index contributed by atoms with van der Waals surface area (Å²) in [6.07, 6.45) is 3.51. The number of fused-ring (bicyclic) bond motifs is 1. The van der Waals surface area contributed by atoms with Crippen LogP contribution in [-0.2, 0) is 19.6 Å². The van der Waals surface area contributed by atoms with Gasteiger partial charge in [-0.25, -0.2) is 4.39 Å². The lowest BCUT2D eigenvalue weighted by Gasteiger charge is -2.27. The zero-order chi connectivity index (χ0) is 17.4. The van der Waals surface area contributed by atoms with Crippen LogP contribution in [0.4, 0.5) is 4.39 Å². The molecule has 0 bridgehead atoms. The summed E-state index contributed by atoms with van der Waals surface area (Å²) in [7, 11) is 0. The van der Waals surface area contributed by atoms with E-state index < -0.39 is 0 Å². The first-order valence-electron chi connectivity index (χ1n) is 8.42. The van der Waals surface area contributed by atoms with E-state index in [1.807, 2.05) is 30.7 Å². The average molecular weight is 337 g/mol. The van der Waals surface area contributed by atoms with Gasteiger partial charge in [0.15, 0.2) is 0 Å². The predicted octanol–water partition coefficient (Wildman–Crippen LogP) is 3.11. The van der Waals surface area contributed by atoms with Crippen LogP contribution in [0.15, 0.2) is 36.7 Å². The molecular weight excluding hydrogens is 317 g/mol. The maximum absolute atomic E-state index is 14.1. The summed E-state index contributed by atoms with van der Waals surface area (Å²) in [5.41, 5.74) is 5.39. The SMILES string of the molecule is Cc1cnc(CN2CCn3nc(-c4ncccc4C)cc3C2)c(F)c1. The first-order valence-corrected chi connectivity index (χ1v) is 8.42. The molecule has 25 heavy (non-hydrogen) atoms. The summed E-state index contributed by atoms with van der Waals surface area (Å²) in [6.45, 7) is 6.74. The fourth-order valence-corrected chi connectivity index (χ4v) is 3.22. The average Bonchev–Trinajstić information content (AvgIpc) is 3.01. The quantitative estimate of drug-likeness (QED) is 0.737. The van der Waals surface area contributed by atoms with Crippen LogP contribution in [0.3, 0.4) is 0 Å². The summed E-state index contributed by atoms with van der Waals surface area (Å²) in [4.78, 5) is 10.9. The molecule has 0 radical (unpaired) electrons. The molecule has 0 aromatic carbocycles. The lowest BCUT2D eigenvalue weighted by Crippen LogP contribution is -2.33. The van der Waals surface area contributed by atoms with Gasteiger partial charge in [-0.2, -0.15) is 5.10 Å². The number of halogens is 1. The van der Waals surface area contributed by atoms with Gasteiger partial charge in [-0.3, -0.25) is 19.5 Å². The van der Waals surface area contributed by atoms with Crippen molar-refractivity contribution in [2.75, 3.05) is 6.54 Å². The van der Waals surface area contributed by atoms with Gasteiger partial charge in [0.2, 0.25) is 0 Å². The largest absolute Gasteiger partial charge is 0.290 e. The highest BCUT2D eigenvalue weighted by molar-refractivity contribution is 5.58. The maximum atomic E-state index is 14.1. The number of hydrogen-bond acceptors (Lipinski definition) is 4. The van der Waals surface area contributed by atoms with Gasteiger partial charge in [-0.1, -0.05) is 6.07 Å². The number of nitrogens with zero attached hydrogens (tertiary/aromatic N) is 5.